The molecule has 0 saturated carbocycles. The number of carbonyl (C=O) groups is 1. The highest BCUT2D eigenvalue weighted by atomic mass is 35.5. The second kappa shape index (κ2) is 5.50. The van der Waals surface area contributed by atoms with Gasteiger partial charge in [-0.3, -0.25) is 4.79 Å². The van der Waals surface area contributed by atoms with Gasteiger partial charge in [0, 0.05) is 26.7 Å². The normalized spacial score (nSPS) is 12.0. The van der Waals surface area contributed by atoms with E-state index < -0.39 is 0 Å². The van der Waals surface area contributed by atoms with Crippen molar-refractivity contribution in [1.29, 1.82) is 0 Å². The Bertz CT molecular complexity index is 748. The summed E-state index contributed by atoms with van der Waals surface area (Å²) in [5.41, 5.74) is 5.26. The van der Waals surface area contributed by atoms with Crippen LogP contribution in [-0.4, -0.2) is 11.6 Å². The highest BCUT2D eigenvalue weighted by molar-refractivity contribution is 7.17. The van der Waals surface area contributed by atoms with Crippen molar-refractivity contribution in [3.63, 3.8) is 0 Å². The van der Waals surface area contributed by atoms with Crippen LogP contribution in [0.4, 0.5) is 0 Å². The predicted octanol–water partition coefficient (Wildman–Crippen LogP) is 4.09. The van der Waals surface area contributed by atoms with Gasteiger partial charge in [0.1, 0.15) is 12.4 Å². The molecule has 21 heavy (non-hydrogen) atoms. The van der Waals surface area contributed by atoms with E-state index in [0.29, 0.717) is 16.5 Å². The quantitative estimate of drug-likeness (QED) is 0.669. The van der Waals surface area contributed by atoms with E-state index in [4.69, 9.17) is 16.3 Å². The Balaban J connectivity index is 1.97. The lowest BCUT2D eigenvalue weighted by molar-refractivity contribution is 0.0958. The number of nitrogens with one attached hydrogen (secondary N) is 1. The van der Waals surface area contributed by atoms with E-state index >= 15 is 0 Å². The molecule has 2 aromatic rings. The third-order valence-corrected chi connectivity index (χ3v) is 4.43. The Morgan fingerprint density at radius 3 is 2.95 bits per heavy atom. The number of ether oxygens (including phenoxy) is 1. The molecule has 0 unspecified atom stereocenters. The van der Waals surface area contributed by atoms with Crippen LogP contribution in [0.3, 0.4) is 0 Å². The third-order valence-electron chi connectivity index (χ3n) is 2.98. The number of carbonyl (C=O) groups excluding carboxylic acids is 1. The van der Waals surface area contributed by atoms with E-state index in [-0.39, 0.29) is 5.91 Å². The van der Waals surface area contributed by atoms with Crippen LogP contribution >= 0.6 is 22.9 Å². The lowest BCUT2D eigenvalue weighted by Crippen LogP contribution is -2.17. The van der Waals surface area contributed by atoms with Crippen LogP contribution in [0.1, 0.15) is 29.1 Å². The minimum Gasteiger partial charge on any atom is -0.488 e. The van der Waals surface area contributed by atoms with Gasteiger partial charge >= 0.3 is 0 Å². The van der Waals surface area contributed by atoms with Gasteiger partial charge in [0.2, 0.25) is 0 Å². The molecule has 1 N–H and O–H groups in total. The summed E-state index contributed by atoms with van der Waals surface area (Å²) in [4.78, 5) is 13.7. The molecular weight excluding hydrogens is 308 g/mol. The van der Waals surface area contributed by atoms with Gasteiger partial charge in [-0.15, -0.1) is 11.3 Å². The van der Waals surface area contributed by atoms with Crippen molar-refractivity contribution in [3.05, 3.63) is 39.7 Å². The molecule has 1 aliphatic rings. The molecule has 1 amide bonds. The molecule has 0 aliphatic carbocycles. The molecule has 3 rings (SSSR count). The lowest BCUT2D eigenvalue weighted by atomic mass is 10.1. The molecule has 108 valence electrons. The first-order valence-corrected chi connectivity index (χ1v) is 7.60. The summed E-state index contributed by atoms with van der Waals surface area (Å²) in [6, 6.07) is 7.36. The highest BCUT2D eigenvalue weighted by Gasteiger charge is 2.22. The summed E-state index contributed by atoms with van der Waals surface area (Å²) in [6.45, 7) is 4.11. The van der Waals surface area contributed by atoms with Crippen LogP contribution in [0, 0.1) is 0 Å². The van der Waals surface area contributed by atoms with Gasteiger partial charge in [0.05, 0.1) is 4.88 Å². The van der Waals surface area contributed by atoms with Gasteiger partial charge < -0.3 is 4.74 Å². The average Bonchev–Trinajstić information content (AvgIpc) is 2.89. The molecule has 0 radical (unpaired) electrons. The van der Waals surface area contributed by atoms with Crippen LogP contribution in [0.2, 0.25) is 5.02 Å². The first-order chi connectivity index (χ1) is 10.0. The zero-order valence-electron chi connectivity index (χ0n) is 11.6. The fraction of sp³-hybridized carbons (Fsp3) is 0.200. The number of fused-ring (bicyclic) bond motifs is 3. The summed E-state index contributed by atoms with van der Waals surface area (Å²) in [7, 11) is 0. The largest absolute Gasteiger partial charge is 0.488 e. The van der Waals surface area contributed by atoms with Gasteiger partial charge in [-0.25, -0.2) is 5.43 Å². The zero-order valence-corrected chi connectivity index (χ0v) is 13.1. The van der Waals surface area contributed by atoms with Gasteiger partial charge in [0.15, 0.2) is 0 Å². The molecule has 0 bridgehead atoms. The van der Waals surface area contributed by atoms with Crippen molar-refractivity contribution >= 4 is 34.6 Å². The Morgan fingerprint density at radius 1 is 1.38 bits per heavy atom. The summed E-state index contributed by atoms with van der Waals surface area (Å²) < 4.78 is 5.68. The zero-order chi connectivity index (χ0) is 15.0. The Morgan fingerprint density at radius 2 is 2.19 bits per heavy atom. The standard InChI is InChI=1S/C15H13ClN2O2S/c1-8(2)17-18-15(19)13-5-9-7-20-12-4-3-10(16)6-11(12)14(9)21-13/h3-6H,7H2,1-2H3,(H,18,19). The maximum Gasteiger partial charge on any atom is 0.281 e. The van der Waals surface area contributed by atoms with E-state index in [1.165, 1.54) is 11.3 Å². The van der Waals surface area contributed by atoms with Crippen LogP contribution in [-0.2, 0) is 6.61 Å². The summed E-state index contributed by atoms with van der Waals surface area (Å²) in [5, 5.41) is 4.59. The smallest absolute Gasteiger partial charge is 0.281 e. The van der Waals surface area contributed by atoms with E-state index in [2.05, 4.69) is 10.5 Å². The monoisotopic (exact) mass is 320 g/mol. The van der Waals surface area contributed by atoms with E-state index in [9.17, 15) is 4.79 Å². The number of rotatable bonds is 2. The van der Waals surface area contributed by atoms with Crippen LogP contribution < -0.4 is 10.2 Å². The maximum atomic E-state index is 12.1. The molecule has 4 nitrogen and oxygen atoms in total. The number of hydrazone groups is 1. The van der Waals surface area contributed by atoms with Crippen molar-refractivity contribution in [2.45, 2.75) is 20.5 Å². The van der Waals surface area contributed by atoms with Crippen LogP contribution in [0.15, 0.2) is 29.4 Å². The molecule has 6 heteroatoms. The second-order valence-electron chi connectivity index (χ2n) is 4.89. The minimum absolute atomic E-state index is 0.209. The predicted molar refractivity (Wildman–Crippen MR) is 85.3 cm³/mol. The molecular formula is C15H13ClN2O2S. The number of thiophene rings is 1. The molecule has 0 saturated heterocycles. The first kappa shape index (κ1) is 14.1. The van der Waals surface area contributed by atoms with Gasteiger partial charge in [0.25, 0.3) is 5.91 Å². The van der Waals surface area contributed by atoms with Crippen molar-refractivity contribution < 1.29 is 9.53 Å². The number of amides is 1. The fourth-order valence-electron chi connectivity index (χ4n) is 2.05. The van der Waals surface area contributed by atoms with Gasteiger partial charge in [-0.05, 0) is 38.1 Å². The molecule has 1 aromatic heterocycles. The molecule has 2 heterocycles. The number of hydrogen-bond acceptors (Lipinski definition) is 4. The number of benzene rings is 1. The molecule has 0 atom stereocenters. The average molecular weight is 321 g/mol. The van der Waals surface area contributed by atoms with E-state index in [1.54, 1.807) is 6.07 Å². The molecule has 0 fully saturated rings. The highest BCUT2D eigenvalue weighted by Crippen LogP contribution is 2.43. The third kappa shape index (κ3) is 2.80. The lowest BCUT2D eigenvalue weighted by Gasteiger charge is -2.17. The van der Waals surface area contributed by atoms with Crippen molar-refractivity contribution in [2.75, 3.05) is 0 Å². The van der Waals surface area contributed by atoms with Crippen LogP contribution in [0.25, 0.3) is 10.4 Å². The molecule has 1 aliphatic heterocycles. The topological polar surface area (TPSA) is 50.7 Å². The Hall–Kier alpha value is -1.85. The van der Waals surface area contributed by atoms with Crippen molar-refractivity contribution in [3.8, 4) is 16.2 Å². The number of nitrogens with zero attached hydrogens (tertiary/aromatic N) is 1. The Kier molecular flexibility index (Phi) is 3.69. The summed E-state index contributed by atoms with van der Waals surface area (Å²) in [6.07, 6.45) is 0. The molecule has 0 spiro atoms. The SMILES string of the molecule is CC(C)=NNC(=O)c1cc2c(s1)-c1cc(Cl)ccc1OC2. The summed E-state index contributed by atoms with van der Waals surface area (Å²) in [5.74, 6) is 0.585. The number of hydrogen-bond donors (Lipinski definition) is 1. The van der Waals surface area contributed by atoms with Gasteiger partial charge in [-0.1, -0.05) is 11.6 Å². The van der Waals surface area contributed by atoms with Crippen molar-refractivity contribution in [2.24, 2.45) is 5.10 Å². The number of halogens is 1. The van der Waals surface area contributed by atoms with Gasteiger partial charge in [-0.2, -0.15) is 5.10 Å². The van der Waals surface area contributed by atoms with Crippen LogP contribution in [0.5, 0.6) is 5.75 Å². The second-order valence-corrected chi connectivity index (χ2v) is 6.38. The fourth-order valence-corrected chi connectivity index (χ4v) is 3.30. The summed E-state index contributed by atoms with van der Waals surface area (Å²) >= 11 is 7.48. The first-order valence-electron chi connectivity index (χ1n) is 6.41. The Labute approximate surface area is 131 Å². The minimum atomic E-state index is -0.209. The van der Waals surface area contributed by atoms with E-state index in [0.717, 1.165) is 27.5 Å². The van der Waals surface area contributed by atoms with Crippen molar-refractivity contribution in [1.82, 2.24) is 5.43 Å². The molecule has 1 aromatic carbocycles. The van der Waals surface area contributed by atoms with E-state index in [1.807, 2.05) is 32.0 Å². The maximum absolute atomic E-state index is 12.1.